The third-order valence-electron chi connectivity index (χ3n) is 3.26. The summed E-state index contributed by atoms with van der Waals surface area (Å²) in [4.78, 5) is 0. The lowest BCUT2D eigenvalue weighted by Gasteiger charge is -2.42. The Kier molecular flexibility index (Phi) is 5.68. The van der Waals surface area contributed by atoms with Crippen LogP contribution in [0.2, 0.25) is 0 Å². The van der Waals surface area contributed by atoms with Gasteiger partial charge < -0.3 is 10.8 Å². The molecule has 0 saturated heterocycles. The van der Waals surface area contributed by atoms with Gasteiger partial charge in [0.05, 0.1) is 0 Å². The number of alkyl halides is 6. The topological polar surface area (TPSA) is 70.6 Å². The van der Waals surface area contributed by atoms with Crippen LogP contribution < -0.4 is 11.2 Å². The summed E-state index contributed by atoms with van der Waals surface area (Å²) in [6.45, 7) is 0. The number of halogens is 6. The number of nitrogens with one attached hydrogen (secondary N) is 1. The molecular formula is C10H13Cl2F4N3OS. The van der Waals surface area contributed by atoms with Gasteiger partial charge in [0, 0.05) is 11.6 Å². The molecule has 0 aromatic heterocycles. The molecule has 1 aliphatic rings. The predicted octanol–water partition coefficient (Wildman–Crippen LogP) is 2.76. The summed E-state index contributed by atoms with van der Waals surface area (Å²) in [5.41, 5.74) is 3.14. The lowest BCUT2D eigenvalue weighted by atomic mass is 9.75. The van der Waals surface area contributed by atoms with Crippen LogP contribution in [0.15, 0.2) is 5.10 Å². The van der Waals surface area contributed by atoms with Crippen LogP contribution in [0, 0.1) is 5.92 Å². The highest BCUT2D eigenvalue weighted by atomic mass is 35.5. The predicted molar refractivity (Wildman–Crippen MR) is 75.9 cm³/mol. The number of hydrazone groups is 1. The van der Waals surface area contributed by atoms with Gasteiger partial charge in [-0.05, 0) is 54.7 Å². The summed E-state index contributed by atoms with van der Waals surface area (Å²) < 4.78 is 53.8. The number of rotatable bonds is 4. The average Bonchev–Trinajstić information content (AvgIpc) is 2.33. The number of hydrogen-bond acceptors (Lipinski definition) is 3. The van der Waals surface area contributed by atoms with Gasteiger partial charge >= 0.3 is 10.8 Å². The average molecular weight is 370 g/mol. The van der Waals surface area contributed by atoms with E-state index in [9.17, 15) is 22.7 Å². The Balaban J connectivity index is 3.27. The van der Waals surface area contributed by atoms with Crippen molar-refractivity contribution in [2.24, 2.45) is 16.8 Å². The smallest absolute Gasteiger partial charge is 0.357 e. The Morgan fingerprint density at radius 1 is 1.29 bits per heavy atom. The molecule has 0 aromatic rings. The lowest BCUT2D eigenvalue weighted by Crippen LogP contribution is -2.63. The van der Waals surface area contributed by atoms with Crippen LogP contribution in [0.1, 0.15) is 25.7 Å². The van der Waals surface area contributed by atoms with Crippen LogP contribution >= 0.6 is 35.4 Å². The molecule has 0 amide bonds. The molecule has 11 heteroatoms. The first-order valence-electron chi connectivity index (χ1n) is 5.89. The Morgan fingerprint density at radius 3 is 2.24 bits per heavy atom. The molecule has 1 fully saturated rings. The van der Waals surface area contributed by atoms with E-state index in [1.165, 1.54) is 0 Å². The number of thiocarbonyl (C=S) groups is 1. The van der Waals surface area contributed by atoms with E-state index in [0.29, 0.717) is 12.8 Å². The first-order valence-corrected chi connectivity index (χ1v) is 7.05. The zero-order valence-corrected chi connectivity index (χ0v) is 12.9. The highest BCUT2D eigenvalue weighted by Gasteiger charge is 2.71. The maximum Gasteiger partial charge on any atom is 0.357 e. The summed E-state index contributed by atoms with van der Waals surface area (Å²) in [6.07, 6.45) is 0.770. The van der Waals surface area contributed by atoms with Crippen molar-refractivity contribution in [1.82, 2.24) is 5.43 Å². The molecule has 21 heavy (non-hydrogen) atoms. The second-order valence-corrected chi connectivity index (χ2v) is 6.03. The van der Waals surface area contributed by atoms with E-state index in [2.05, 4.69) is 22.7 Å². The van der Waals surface area contributed by atoms with Gasteiger partial charge in [-0.15, -0.1) is 0 Å². The van der Waals surface area contributed by atoms with Gasteiger partial charge in [0.2, 0.25) is 5.60 Å². The zero-order chi connectivity index (χ0) is 16.5. The van der Waals surface area contributed by atoms with Gasteiger partial charge in [0.1, 0.15) is 0 Å². The van der Waals surface area contributed by atoms with Crippen LogP contribution in [0.3, 0.4) is 0 Å². The van der Waals surface area contributed by atoms with Crippen molar-refractivity contribution in [3.63, 3.8) is 0 Å². The molecule has 0 heterocycles. The molecule has 1 aliphatic carbocycles. The SMILES string of the molecule is NC(=S)NN=C1CCCCC1C(O)(C(F)(F)Cl)C(F)(F)Cl. The van der Waals surface area contributed by atoms with Gasteiger partial charge in [-0.2, -0.15) is 22.7 Å². The fraction of sp³-hybridized carbons (Fsp3) is 0.800. The standard InChI is InChI=1S/C10H13Cl2F4N3OS/c11-9(13,14)8(20,10(12,15)16)5-3-1-2-4-6(5)18-19-7(17)21/h5,20H,1-4H2,(H3,17,19,21). The van der Waals surface area contributed by atoms with E-state index in [0.717, 1.165) is 0 Å². The Morgan fingerprint density at radius 2 is 1.81 bits per heavy atom. The monoisotopic (exact) mass is 369 g/mol. The van der Waals surface area contributed by atoms with E-state index in [-0.39, 0.29) is 23.7 Å². The summed E-state index contributed by atoms with van der Waals surface area (Å²) >= 11 is 13.9. The van der Waals surface area contributed by atoms with Gasteiger partial charge in [0.15, 0.2) is 5.11 Å². The first kappa shape index (κ1) is 18.7. The molecule has 1 saturated carbocycles. The zero-order valence-electron chi connectivity index (χ0n) is 10.6. The van der Waals surface area contributed by atoms with Crippen molar-refractivity contribution in [3.8, 4) is 0 Å². The molecule has 0 aromatic carbocycles. The van der Waals surface area contributed by atoms with E-state index < -0.39 is 22.3 Å². The van der Waals surface area contributed by atoms with Gasteiger partial charge in [-0.1, -0.05) is 6.42 Å². The molecule has 122 valence electrons. The molecular weight excluding hydrogens is 357 g/mol. The largest absolute Gasteiger partial charge is 0.376 e. The minimum atomic E-state index is -4.66. The van der Waals surface area contributed by atoms with Crippen molar-refractivity contribution in [2.75, 3.05) is 0 Å². The molecule has 4 N–H and O–H groups in total. The number of nitrogens with two attached hydrogens (primary N) is 1. The minimum Gasteiger partial charge on any atom is -0.376 e. The fourth-order valence-electron chi connectivity index (χ4n) is 2.26. The number of hydrogen-bond donors (Lipinski definition) is 3. The molecule has 0 aliphatic heterocycles. The number of nitrogens with zero attached hydrogens (tertiary/aromatic N) is 1. The normalized spacial score (nSPS) is 23.2. The lowest BCUT2D eigenvalue weighted by molar-refractivity contribution is -0.234. The summed E-state index contributed by atoms with van der Waals surface area (Å²) in [5, 5.41) is 3.92. The van der Waals surface area contributed by atoms with Gasteiger partial charge in [-0.25, -0.2) is 0 Å². The molecule has 1 rings (SSSR count). The van der Waals surface area contributed by atoms with Gasteiger partial charge in [0.25, 0.3) is 0 Å². The summed E-state index contributed by atoms with van der Waals surface area (Å²) in [7, 11) is 0. The fourth-order valence-corrected chi connectivity index (χ4v) is 2.86. The summed E-state index contributed by atoms with van der Waals surface area (Å²) in [6, 6.07) is 0. The highest BCUT2D eigenvalue weighted by molar-refractivity contribution is 7.80. The minimum absolute atomic E-state index is 0.0997. The van der Waals surface area contributed by atoms with E-state index in [1.807, 2.05) is 0 Å². The highest BCUT2D eigenvalue weighted by Crippen LogP contribution is 2.52. The van der Waals surface area contributed by atoms with E-state index in [1.54, 1.807) is 0 Å². The van der Waals surface area contributed by atoms with E-state index >= 15 is 0 Å². The first-order chi connectivity index (χ1) is 9.41. The maximum absolute atomic E-state index is 13.4. The van der Waals surface area contributed by atoms with Crippen molar-refractivity contribution in [1.29, 1.82) is 0 Å². The van der Waals surface area contributed by atoms with Crippen molar-refractivity contribution >= 4 is 46.2 Å². The Hall–Kier alpha value is -0.380. The molecule has 0 bridgehead atoms. The van der Waals surface area contributed by atoms with Crippen LogP contribution in [0.4, 0.5) is 17.6 Å². The van der Waals surface area contributed by atoms with Crippen LogP contribution in [-0.2, 0) is 0 Å². The Labute approximate surface area is 133 Å². The van der Waals surface area contributed by atoms with Crippen molar-refractivity contribution in [2.45, 2.75) is 42.0 Å². The van der Waals surface area contributed by atoms with Gasteiger partial charge in [-0.3, -0.25) is 5.43 Å². The maximum atomic E-state index is 13.4. The molecule has 4 nitrogen and oxygen atoms in total. The van der Waals surface area contributed by atoms with Crippen LogP contribution in [-0.4, -0.2) is 32.3 Å². The second-order valence-electron chi connectivity index (χ2n) is 4.64. The molecule has 1 unspecified atom stereocenters. The second kappa shape index (κ2) is 6.39. The van der Waals surface area contributed by atoms with Crippen LogP contribution in [0.25, 0.3) is 0 Å². The Bertz CT molecular complexity index is 425. The third kappa shape index (κ3) is 3.88. The molecule has 0 radical (unpaired) electrons. The van der Waals surface area contributed by atoms with Crippen molar-refractivity contribution < 1.29 is 22.7 Å². The van der Waals surface area contributed by atoms with Crippen molar-refractivity contribution in [3.05, 3.63) is 0 Å². The summed E-state index contributed by atoms with van der Waals surface area (Å²) in [5.74, 6) is -1.74. The van der Waals surface area contributed by atoms with E-state index in [4.69, 9.17) is 28.9 Å². The molecule has 1 atom stereocenters. The quantitative estimate of drug-likeness (QED) is 0.308. The number of aliphatic hydroxyl groups is 1. The van der Waals surface area contributed by atoms with Crippen LogP contribution in [0.5, 0.6) is 0 Å². The third-order valence-corrected chi connectivity index (χ3v) is 3.92. The molecule has 0 spiro atoms.